The fourth-order valence-corrected chi connectivity index (χ4v) is 2.90. The maximum absolute atomic E-state index is 11.8. The van der Waals surface area contributed by atoms with Gasteiger partial charge in [0, 0.05) is 18.7 Å². The third-order valence-corrected chi connectivity index (χ3v) is 4.41. The highest BCUT2D eigenvalue weighted by Crippen LogP contribution is 2.32. The summed E-state index contributed by atoms with van der Waals surface area (Å²) in [4.78, 5) is 20.4. The molecule has 2 amide bonds. The van der Waals surface area contributed by atoms with Crippen LogP contribution in [0.3, 0.4) is 0 Å². The second-order valence-electron chi connectivity index (χ2n) is 7.11. The molecule has 0 fully saturated rings. The van der Waals surface area contributed by atoms with Crippen molar-refractivity contribution in [1.29, 1.82) is 0 Å². The Morgan fingerprint density at radius 1 is 1.19 bits per heavy atom. The number of benzene rings is 1. The zero-order chi connectivity index (χ0) is 19.6. The van der Waals surface area contributed by atoms with Crippen LogP contribution >= 0.6 is 0 Å². The van der Waals surface area contributed by atoms with Gasteiger partial charge in [0.25, 0.3) is 0 Å². The van der Waals surface area contributed by atoms with Crippen LogP contribution < -0.4 is 16.4 Å². The molecule has 3 rings (SSSR count). The molecule has 0 saturated carbocycles. The van der Waals surface area contributed by atoms with Crippen LogP contribution in [0.15, 0.2) is 30.6 Å². The number of rotatable bonds is 5. The van der Waals surface area contributed by atoms with Gasteiger partial charge in [0.2, 0.25) is 0 Å². The van der Waals surface area contributed by atoms with Crippen LogP contribution in [0.4, 0.5) is 10.6 Å². The van der Waals surface area contributed by atoms with Crippen molar-refractivity contribution in [3.05, 3.63) is 36.2 Å². The molecule has 0 saturated heterocycles. The highest BCUT2D eigenvalue weighted by Gasteiger charge is 2.28. The molecule has 3 aromatic rings. The minimum atomic E-state index is -0.521. The zero-order valence-corrected chi connectivity index (χ0v) is 16.1. The summed E-state index contributed by atoms with van der Waals surface area (Å²) in [7, 11) is 0. The van der Waals surface area contributed by atoms with E-state index < -0.39 is 5.54 Å². The molecule has 0 spiro atoms. The number of carbonyl (C=O) groups excluding carboxylic acids is 1. The standard InChI is InChI=1S/C19H25N7O/c1-5-21-18(27)22-10-19(3,4)26-17-14(16(20)23-11-24-17)15(25-26)13-8-6-12(2)7-9-13/h6-9,11H,5,10H2,1-4H3,(H2,20,23,24)(H2,21,22,27). The maximum Gasteiger partial charge on any atom is 0.314 e. The number of aromatic nitrogens is 4. The lowest BCUT2D eigenvalue weighted by Gasteiger charge is -2.26. The molecule has 27 heavy (non-hydrogen) atoms. The van der Waals surface area contributed by atoms with Crippen molar-refractivity contribution >= 4 is 22.9 Å². The molecule has 1 aromatic carbocycles. The Hall–Kier alpha value is -3.16. The third-order valence-electron chi connectivity index (χ3n) is 4.41. The second kappa shape index (κ2) is 7.22. The van der Waals surface area contributed by atoms with Gasteiger partial charge < -0.3 is 16.4 Å². The maximum atomic E-state index is 11.8. The van der Waals surface area contributed by atoms with E-state index in [1.54, 1.807) is 0 Å². The van der Waals surface area contributed by atoms with Crippen molar-refractivity contribution in [2.24, 2.45) is 0 Å². The number of nitrogens with one attached hydrogen (secondary N) is 2. The lowest BCUT2D eigenvalue weighted by molar-refractivity contribution is 0.232. The summed E-state index contributed by atoms with van der Waals surface area (Å²) in [5.41, 5.74) is 9.12. The summed E-state index contributed by atoms with van der Waals surface area (Å²) < 4.78 is 1.81. The number of anilines is 1. The summed E-state index contributed by atoms with van der Waals surface area (Å²) in [5, 5.41) is 11.1. The number of amides is 2. The minimum Gasteiger partial charge on any atom is -0.383 e. The van der Waals surface area contributed by atoms with Gasteiger partial charge in [-0.25, -0.2) is 19.4 Å². The average Bonchev–Trinajstić information content (AvgIpc) is 3.03. The predicted octanol–water partition coefficient (Wildman–Crippen LogP) is 2.44. The average molecular weight is 367 g/mol. The topological polar surface area (TPSA) is 111 Å². The number of aryl methyl sites for hydroxylation is 1. The van der Waals surface area contributed by atoms with Gasteiger partial charge >= 0.3 is 6.03 Å². The monoisotopic (exact) mass is 367 g/mol. The smallest absolute Gasteiger partial charge is 0.314 e. The van der Waals surface area contributed by atoms with E-state index in [2.05, 4.69) is 20.6 Å². The quantitative estimate of drug-likeness (QED) is 0.641. The molecule has 0 aliphatic heterocycles. The Bertz CT molecular complexity index is 960. The van der Waals surface area contributed by atoms with Crippen molar-refractivity contribution < 1.29 is 4.79 Å². The number of fused-ring (bicyclic) bond motifs is 1. The highest BCUT2D eigenvalue weighted by atomic mass is 16.2. The normalized spacial score (nSPS) is 11.6. The van der Waals surface area contributed by atoms with Crippen molar-refractivity contribution in [2.75, 3.05) is 18.8 Å². The molecule has 0 radical (unpaired) electrons. The Morgan fingerprint density at radius 2 is 1.89 bits per heavy atom. The molecule has 0 aliphatic rings. The number of hydrogen-bond acceptors (Lipinski definition) is 5. The molecule has 2 aromatic heterocycles. The Labute approximate surface area is 158 Å². The molecule has 142 valence electrons. The van der Waals surface area contributed by atoms with Gasteiger partial charge in [0.15, 0.2) is 5.65 Å². The first-order valence-electron chi connectivity index (χ1n) is 8.92. The Balaban J connectivity index is 2.07. The number of carbonyl (C=O) groups is 1. The van der Waals surface area contributed by atoms with Crippen LogP contribution in [0, 0.1) is 6.92 Å². The number of nitrogens with zero attached hydrogens (tertiary/aromatic N) is 4. The molecule has 2 heterocycles. The first-order valence-corrected chi connectivity index (χ1v) is 8.92. The van der Waals surface area contributed by atoms with E-state index in [-0.39, 0.29) is 6.03 Å². The van der Waals surface area contributed by atoms with Gasteiger partial charge in [-0.15, -0.1) is 0 Å². The first kappa shape index (κ1) is 18.6. The molecular weight excluding hydrogens is 342 g/mol. The van der Waals surface area contributed by atoms with E-state index in [1.807, 2.05) is 56.6 Å². The second-order valence-corrected chi connectivity index (χ2v) is 7.11. The van der Waals surface area contributed by atoms with E-state index in [9.17, 15) is 4.79 Å². The molecule has 0 bridgehead atoms. The Morgan fingerprint density at radius 3 is 2.56 bits per heavy atom. The van der Waals surface area contributed by atoms with Gasteiger partial charge in [-0.2, -0.15) is 5.10 Å². The number of nitrogens with two attached hydrogens (primary N) is 1. The summed E-state index contributed by atoms with van der Waals surface area (Å²) in [5.74, 6) is 0.384. The SMILES string of the molecule is CCNC(=O)NCC(C)(C)n1nc(-c2ccc(C)cc2)c2c(N)ncnc21. The van der Waals surface area contributed by atoms with Crippen LogP contribution in [-0.2, 0) is 5.54 Å². The molecule has 0 unspecified atom stereocenters. The van der Waals surface area contributed by atoms with E-state index in [0.717, 1.165) is 16.8 Å². The highest BCUT2D eigenvalue weighted by molar-refractivity contribution is 5.98. The van der Waals surface area contributed by atoms with Crippen LogP contribution in [0.1, 0.15) is 26.3 Å². The minimum absolute atomic E-state index is 0.213. The molecule has 0 atom stereocenters. The van der Waals surface area contributed by atoms with Crippen LogP contribution in [0.2, 0.25) is 0 Å². The largest absolute Gasteiger partial charge is 0.383 e. The number of nitrogen functional groups attached to an aromatic ring is 1. The lowest BCUT2D eigenvalue weighted by Crippen LogP contribution is -2.45. The fourth-order valence-electron chi connectivity index (χ4n) is 2.90. The molecule has 8 nitrogen and oxygen atoms in total. The van der Waals surface area contributed by atoms with Crippen molar-refractivity contribution in [1.82, 2.24) is 30.4 Å². The van der Waals surface area contributed by atoms with Crippen molar-refractivity contribution in [3.63, 3.8) is 0 Å². The van der Waals surface area contributed by atoms with E-state index in [4.69, 9.17) is 10.8 Å². The van der Waals surface area contributed by atoms with E-state index in [1.165, 1.54) is 6.33 Å². The number of hydrogen-bond donors (Lipinski definition) is 3. The lowest BCUT2D eigenvalue weighted by atomic mass is 10.1. The van der Waals surface area contributed by atoms with Crippen molar-refractivity contribution in [3.8, 4) is 11.3 Å². The zero-order valence-electron chi connectivity index (χ0n) is 16.1. The first-order chi connectivity index (χ1) is 12.8. The predicted molar refractivity (Wildman–Crippen MR) is 106 cm³/mol. The van der Waals surface area contributed by atoms with Gasteiger partial charge in [0.1, 0.15) is 17.8 Å². The Kier molecular flexibility index (Phi) is 4.98. The third kappa shape index (κ3) is 3.69. The molecule has 0 aliphatic carbocycles. The van der Waals surface area contributed by atoms with E-state index in [0.29, 0.717) is 29.9 Å². The number of urea groups is 1. The van der Waals surface area contributed by atoms with E-state index >= 15 is 0 Å². The fraction of sp³-hybridized carbons (Fsp3) is 0.368. The van der Waals surface area contributed by atoms with Gasteiger partial charge in [-0.3, -0.25) is 0 Å². The summed E-state index contributed by atoms with van der Waals surface area (Å²) >= 11 is 0. The molecule has 8 heteroatoms. The summed E-state index contributed by atoms with van der Waals surface area (Å²) in [6.07, 6.45) is 1.43. The summed E-state index contributed by atoms with van der Waals surface area (Å²) in [6.45, 7) is 8.84. The van der Waals surface area contributed by atoms with Gasteiger partial charge in [-0.1, -0.05) is 29.8 Å². The van der Waals surface area contributed by atoms with Crippen LogP contribution in [0.25, 0.3) is 22.3 Å². The summed E-state index contributed by atoms with van der Waals surface area (Å²) in [6, 6.07) is 7.86. The van der Waals surface area contributed by atoms with Crippen LogP contribution in [-0.4, -0.2) is 38.9 Å². The van der Waals surface area contributed by atoms with Crippen LogP contribution in [0.5, 0.6) is 0 Å². The molecular formula is C19H25N7O. The van der Waals surface area contributed by atoms with Crippen molar-refractivity contribution in [2.45, 2.75) is 33.2 Å². The molecule has 4 N–H and O–H groups in total. The van der Waals surface area contributed by atoms with Gasteiger partial charge in [0.05, 0.1) is 10.9 Å². The van der Waals surface area contributed by atoms with Gasteiger partial charge in [-0.05, 0) is 27.7 Å².